The summed E-state index contributed by atoms with van der Waals surface area (Å²) < 4.78 is 36.6. The zero-order chi connectivity index (χ0) is 48.5. The molecule has 0 spiro atoms. The van der Waals surface area contributed by atoms with Gasteiger partial charge in [-0.1, -0.05) is 57.6 Å². The molecule has 15 heteroatoms. The third kappa shape index (κ3) is 12.8. The smallest absolute Gasteiger partial charge is 0.335 e. The van der Waals surface area contributed by atoms with E-state index in [1.54, 1.807) is 45.2 Å². The van der Waals surface area contributed by atoms with Gasteiger partial charge in [-0.05, 0) is 113 Å². The van der Waals surface area contributed by atoms with Crippen molar-refractivity contribution in [3.05, 3.63) is 58.7 Å². The number of esters is 1. The summed E-state index contributed by atoms with van der Waals surface area (Å²) in [5, 5.41) is 33.2. The lowest BCUT2D eigenvalue weighted by Gasteiger charge is -2.47. The molecule has 0 radical (unpaired) electrons. The molecule has 368 valence electrons. The number of hydrogen-bond acceptors (Lipinski definition) is 13. The molecule has 1 saturated carbocycles. The van der Waals surface area contributed by atoms with Gasteiger partial charge >= 0.3 is 11.9 Å². The second kappa shape index (κ2) is 23.9. The topological polar surface area (TPSA) is 205 Å². The fraction of sp³-hybridized carbons (Fsp3) is 0.706. The molecule has 4 aliphatic rings. The van der Waals surface area contributed by atoms with E-state index in [0.717, 1.165) is 11.1 Å². The average molecular weight is 926 g/mol. The summed E-state index contributed by atoms with van der Waals surface area (Å²) in [4.78, 5) is 69.6. The third-order valence-corrected chi connectivity index (χ3v) is 14.5. The van der Waals surface area contributed by atoms with Crippen LogP contribution in [0.1, 0.15) is 128 Å². The number of aliphatic hydroxyl groups is 2. The maximum Gasteiger partial charge on any atom is 0.335 e. The molecule has 1 amide bonds. The number of nitrogens with zero attached hydrogens (tertiary/aromatic N) is 1. The number of carboxylic acids is 1. The van der Waals surface area contributed by atoms with Gasteiger partial charge in [0.25, 0.3) is 11.7 Å². The molecular formula is C51H75NO14. The molecule has 3 heterocycles. The van der Waals surface area contributed by atoms with Crippen molar-refractivity contribution in [3.63, 3.8) is 0 Å². The maximum atomic E-state index is 14.5. The molecule has 2 saturated heterocycles. The summed E-state index contributed by atoms with van der Waals surface area (Å²) in [6.45, 7) is 11.5. The van der Waals surface area contributed by atoms with Gasteiger partial charge in [0.1, 0.15) is 24.0 Å². The van der Waals surface area contributed by atoms with Crippen molar-refractivity contribution in [3.8, 4) is 0 Å². The quantitative estimate of drug-likeness (QED) is 0.132. The van der Waals surface area contributed by atoms with Crippen LogP contribution in [-0.4, -0.2) is 132 Å². The number of carbonyl (C=O) groups is 5. The number of amides is 1. The van der Waals surface area contributed by atoms with Crippen LogP contribution in [0.2, 0.25) is 0 Å². The van der Waals surface area contributed by atoms with E-state index in [9.17, 15) is 39.3 Å². The highest BCUT2D eigenvalue weighted by Crippen LogP contribution is 2.39. The number of ether oxygens (including phenoxy) is 6. The standard InChI is InChI=1S/C51H75NO14/c1-10-36-22-29(2)21-30(3)23-43(62-8)46-44(63-9)25-32(5)51(60,66-46)47(55)48(56)52-20-12-11-13-38(52)50(59)65-45(33(6)39(53)27-40(36)54)31(4)24-35-16-19-41(42(26-35)61-7)64-28-34-14-17-37(18-15-34)49(57)58/h14-15,17-18,22,24,30,32-33,35-36,38-39,41-46,53,60H,10-13,16,19-21,23,25-28H2,1-9H3,(H,57,58)/b29-22+,31-24?. The van der Waals surface area contributed by atoms with E-state index < -0.39 is 83.7 Å². The Hall–Kier alpha value is -3.83. The van der Waals surface area contributed by atoms with Crippen LogP contribution in [0, 0.1) is 29.6 Å². The number of carbonyl (C=O) groups excluding carboxylic acids is 4. The van der Waals surface area contributed by atoms with Crippen molar-refractivity contribution in [1.82, 2.24) is 4.90 Å². The molecule has 1 aliphatic carbocycles. The molecule has 5 rings (SSSR count). The SMILES string of the molecule is CCC1/C=C(\C)CC(C)CC(OC)C2OC(O)(C(=O)C(=O)N3CCCCC3C(=O)OC(C(C)=CC3CCC(OCc4ccc(C(=O)O)cc4)C(OC)C3)C(C)C(O)CC1=O)C(C)CC2OC. The Morgan fingerprint density at radius 3 is 2.20 bits per heavy atom. The van der Waals surface area contributed by atoms with Crippen LogP contribution >= 0.6 is 0 Å². The first-order valence-electron chi connectivity index (χ1n) is 23.9. The Morgan fingerprint density at radius 1 is 0.894 bits per heavy atom. The number of Topliss-reactive ketones (excluding diaryl/α,β-unsaturated/α-hetero) is 2. The Bertz CT molecular complexity index is 1900. The number of allylic oxidation sites excluding steroid dienone is 3. The second-order valence-corrected chi connectivity index (χ2v) is 19.4. The van der Waals surface area contributed by atoms with Gasteiger partial charge in [0.05, 0.1) is 42.7 Å². The minimum atomic E-state index is -2.52. The van der Waals surface area contributed by atoms with Crippen LogP contribution in [0.3, 0.4) is 0 Å². The van der Waals surface area contributed by atoms with Crippen molar-refractivity contribution < 1.29 is 67.7 Å². The van der Waals surface area contributed by atoms with E-state index in [1.807, 2.05) is 39.8 Å². The van der Waals surface area contributed by atoms with Crippen molar-refractivity contribution in [2.45, 2.75) is 173 Å². The van der Waals surface area contributed by atoms with Crippen LogP contribution in [-0.2, 0) is 54.2 Å². The van der Waals surface area contributed by atoms with Crippen molar-refractivity contribution in [2.75, 3.05) is 27.9 Å². The second-order valence-electron chi connectivity index (χ2n) is 19.4. The Kier molecular flexibility index (Phi) is 19.3. The lowest BCUT2D eigenvalue weighted by atomic mass is 9.81. The number of piperidine rings is 1. The van der Waals surface area contributed by atoms with E-state index in [1.165, 1.54) is 19.1 Å². The largest absolute Gasteiger partial charge is 0.478 e. The minimum Gasteiger partial charge on any atom is -0.478 e. The van der Waals surface area contributed by atoms with E-state index in [-0.39, 0.29) is 67.8 Å². The molecule has 66 heavy (non-hydrogen) atoms. The van der Waals surface area contributed by atoms with Gasteiger partial charge in [-0.15, -0.1) is 0 Å². The van der Waals surface area contributed by atoms with Crippen LogP contribution in [0.25, 0.3) is 0 Å². The molecule has 3 N–H and O–H groups in total. The molecular weight excluding hydrogens is 851 g/mol. The number of fused-ring (bicyclic) bond motifs is 3. The number of cyclic esters (lactones) is 1. The average Bonchev–Trinajstić information content (AvgIpc) is 3.30. The zero-order valence-corrected chi connectivity index (χ0v) is 40.4. The summed E-state index contributed by atoms with van der Waals surface area (Å²) in [7, 11) is 4.68. The number of rotatable bonds is 10. The molecule has 14 unspecified atom stereocenters. The number of carboxylic acid groups (broad SMARTS) is 1. The van der Waals surface area contributed by atoms with Crippen LogP contribution < -0.4 is 0 Å². The van der Waals surface area contributed by atoms with Crippen molar-refractivity contribution in [2.24, 2.45) is 29.6 Å². The minimum absolute atomic E-state index is 0.0175. The van der Waals surface area contributed by atoms with Gasteiger partial charge in [-0.2, -0.15) is 0 Å². The number of methoxy groups -OCH3 is 3. The van der Waals surface area contributed by atoms with Gasteiger partial charge in [0.15, 0.2) is 0 Å². The van der Waals surface area contributed by atoms with Gasteiger partial charge in [0, 0.05) is 52.0 Å². The first-order valence-corrected chi connectivity index (χ1v) is 23.9. The van der Waals surface area contributed by atoms with Gasteiger partial charge < -0.3 is 48.6 Å². The fourth-order valence-electron chi connectivity index (χ4n) is 10.5. The normalized spacial score (nSPS) is 37.0. The lowest BCUT2D eigenvalue weighted by Crippen LogP contribution is -2.64. The summed E-state index contributed by atoms with van der Waals surface area (Å²) in [6.07, 6.45) is 4.10. The molecule has 14 atom stereocenters. The lowest BCUT2D eigenvalue weighted by molar-refractivity contribution is -0.302. The van der Waals surface area contributed by atoms with E-state index in [4.69, 9.17) is 28.4 Å². The molecule has 1 aromatic rings. The van der Waals surface area contributed by atoms with Gasteiger partial charge in [-0.25, -0.2) is 9.59 Å². The Balaban J connectivity index is 1.45. The van der Waals surface area contributed by atoms with Gasteiger partial charge in [-0.3, -0.25) is 14.4 Å². The van der Waals surface area contributed by atoms with Crippen LogP contribution in [0.5, 0.6) is 0 Å². The van der Waals surface area contributed by atoms with Gasteiger partial charge in [0.2, 0.25) is 5.79 Å². The van der Waals surface area contributed by atoms with Crippen molar-refractivity contribution in [1.29, 1.82) is 0 Å². The highest BCUT2D eigenvalue weighted by molar-refractivity contribution is 6.39. The third-order valence-electron chi connectivity index (χ3n) is 14.5. The summed E-state index contributed by atoms with van der Waals surface area (Å²) >= 11 is 0. The molecule has 3 fully saturated rings. The Labute approximate surface area is 390 Å². The monoisotopic (exact) mass is 926 g/mol. The molecule has 1 aromatic carbocycles. The number of aliphatic hydroxyl groups excluding tert-OH is 1. The molecule has 15 nitrogen and oxygen atoms in total. The fourth-order valence-corrected chi connectivity index (χ4v) is 10.5. The first-order chi connectivity index (χ1) is 31.3. The number of benzene rings is 1. The van der Waals surface area contributed by atoms with Crippen LogP contribution in [0.4, 0.5) is 0 Å². The predicted octanol–water partition coefficient (Wildman–Crippen LogP) is 6.40. The molecule has 3 aliphatic heterocycles. The number of hydrogen-bond donors (Lipinski definition) is 3. The molecule has 0 aromatic heterocycles. The molecule has 2 bridgehead atoms. The summed E-state index contributed by atoms with van der Waals surface area (Å²) in [5.41, 5.74) is 2.67. The Morgan fingerprint density at radius 2 is 1.56 bits per heavy atom. The summed E-state index contributed by atoms with van der Waals surface area (Å²) in [5.74, 6) is -8.70. The van der Waals surface area contributed by atoms with E-state index in [2.05, 4.69) is 0 Å². The van der Waals surface area contributed by atoms with E-state index >= 15 is 0 Å². The van der Waals surface area contributed by atoms with Crippen LogP contribution in [0.15, 0.2) is 47.6 Å². The summed E-state index contributed by atoms with van der Waals surface area (Å²) in [6, 6.07) is 5.39. The zero-order valence-electron chi connectivity index (χ0n) is 40.4. The highest BCUT2D eigenvalue weighted by Gasteiger charge is 2.56. The van der Waals surface area contributed by atoms with E-state index in [0.29, 0.717) is 56.9 Å². The predicted molar refractivity (Wildman–Crippen MR) is 244 cm³/mol. The first kappa shape index (κ1) is 53.1. The highest BCUT2D eigenvalue weighted by atomic mass is 16.7. The van der Waals surface area contributed by atoms with Crippen molar-refractivity contribution >= 4 is 29.4 Å². The maximum absolute atomic E-state index is 14.5. The number of aromatic carboxylic acids is 1. The number of ketones is 2.